The molecule has 0 spiro atoms. The van der Waals surface area contributed by atoms with Gasteiger partial charge in [-0.25, -0.2) is 9.97 Å². The zero-order valence-electron chi connectivity index (χ0n) is 17.7. The normalized spacial score (nSPS) is 12.6. The predicted molar refractivity (Wildman–Crippen MR) is 137 cm³/mol. The molecule has 2 aromatic carbocycles. The topological polar surface area (TPSA) is 91.0 Å². The molecule has 33 heavy (non-hydrogen) atoms. The molecule has 1 amide bonds. The van der Waals surface area contributed by atoms with E-state index in [-0.39, 0.29) is 5.91 Å². The summed E-state index contributed by atoms with van der Waals surface area (Å²) in [6.45, 7) is 0. The minimum Gasteiger partial charge on any atom is -0.340 e. The van der Waals surface area contributed by atoms with Crippen LogP contribution < -0.4 is 21.5 Å². The van der Waals surface area contributed by atoms with Crippen LogP contribution in [0.1, 0.15) is 33.6 Å². The second-order valence-electron chi connectivity index (χ2n) is 7.72. The van der Waals surface area contributed by atoms with Gasteiger partial charge < -0.3 is 10.6 Å². The van der Waals surface area contributed by atoms with Gasteiger partial charge in [0.2, 0.25) is 0 Å². The van der Waals surface area contributed by atoms with Gasteiger partial charge in [0.25, 0.3) is 5.91 Å². The first kappa shape index (κ1) is 21.3. The molecular weight excluding hydrogens is 452 g/mol. The number of anilines is 3. The Balaban J connectivity index is 1.28. The van der Waals surface area contributed by atoms with Crippen molar-refractivity contribution in [3.8, 4) is 0 Å². The maximum absolute atomic E-state index is 12.7. The first-order valence-electron chi connectivity index (χ1n) is 10.7. The first-order chi connectivity index (χ1) is 16.2. The van der Waals surface area contributed by atoms with Crippen LogP contribution in [0, 0.1) is 0 Å². The number of amides is 1. The van der Waals surface area contributed by atoms with E-state index in [0.29, 0.717) is 10.7 Å². The van der Waals surface area contributed by atoms with Crippen LogP contribution >= 0.6 is 23.6 Å². The Bertz CT molecular complexity index is 1320. The third kappa shape index (κ3) is 4.79. The van der Waals surface area contributed by atoms with Crippen LogP contribution in [0.2, 0.25) is 0 Å². The fourth-order valence-electron chi connectivity index (χ4n) is 3.93. The SMILES string of the molecule is O=C(NNC(=S)Nc1ccccc1)c1cccc(Nc2ncnc3sc4c(c23)CCCC4)c1. The summed E-state index contributed by atoms with van der Waals surface area (Å²) in [7, 11) is 0. The third-order valence-electron chi connectivity index (χ3n) is 5.46. The van der Waals surface area contributed by atoms with Crippen LogP contribution in [-0.2, 0) is 12.8 Å². The van der Waals surface area contributed by atoms with E-state index in [0.717, 1.165) is 40.3 Å². The van der Waals surface area contributed by atoms with Gasteiger partial charge in [0.05, 0.1) is 5.39 Å². The Kier molecular flexibility index (Phi) is 6.14. The number of hydrogen-bond donors (Lipinski definition) is 4. The number of thiocarbonyl (C=S) groups is 1. The largest absolute Gasteiger partial charge is 0.340 e. The molecule has 0 unspecified atom stereocenters. The van der Waals surface area contributed by atoms with E-state index in [2.05, 4.69) is 31.5 Å². The number of thiophene rings is 1. The summed E-state index contributed by atoms with van der Waals surface area (Å²) in [5.74, 6) is 0.486. The molecule has 0 saturated carbocycles. The van der Waals surface area contributed by atoms with Crippen LogP contribution in [0.5, 0.6) is 0 Å². The maximum atomic E-state index is 12.7. The molecule has 166 valence electrons. The number of nitrogens with zero attached hydrogens (tertiary/aromatic N) is 2. The molecule has 4 aromatic rings. The van der Waals surface area contributed by atoms with Crippen molar-refractivity contribution in [2.75, 3.05) is 10.6 Å². The lowest BCUT2D eigenvalue weighted by atomic mass is 9.97. The van der Waals surface area contributed by atoms with Gasteiger partial charge >= 0.3 is 0 Å². The molecule has 0 aliphatic heterocycles. The number of para-hydroxylation sites is 1. The van der Waals surface area contributed by atoms with E-state index >= 15 is 0 Å². The highest BCUT2D eigenvalue weighted by Crippen LogP contribution is 2.38. The average Bonchev–Trinajstić information content (AvgIpc) is 3.23. The molecule has 7 nitrogen and oxygen atoms in total. The quantitative estimate of drug-likeness (QED) is 0.246. The predicted octanol–water partition coefficient (Wildman–Crippen LogP) is 4.95. The molecule has 2 heterocycles. The molecule has 0 bridgehead atoms. The molecular formula is C24H22N6OS2. The highest BCUT2D eigenvalue weighted by atomic mass is 32.1. The van der Waals surface area contributed by atoms with Crippen LogP contribution in [0.25, 0.3) is 10.2 Å². The number of nitrogens with one attached hydrogen (secondary N) is 4. The lowest BCUT2D eigenvalue weighted by Gasteiger charge is -2.13. The van der Waals surface area contributed by atoms with Crippen molar-refractivity contribution in [1.82, 2.24) is 20.8 Å². The zero-order chi connectivity index (χ0) is 22.6. The summed E-state index contributed by atoms with van der Waals surface area (Å²) < 4.78 is 0. The Morgan fingerprint density at radius 3 is 2.64 bits per heavy atom. The Hall–Kier alpha value is -3.56. The number of carbonyl (C=O) groups is 1. The smallest absolute Gasteiger partial charge is 0.269 e. The van der Waals surface area contributed by atoms with Crippen LogP contribution in [0.4, 0.5) is 17.2 Å². The fraction of sp³-hybridized carbons (Fsp3) is 0.167. The van der Waals surface area contributed by atoms with Crippen molar-refractivity contribution < 1.29 is 4.79 Å². The van der Waals surface area contributed by atoms with Crippen molar-refractivity contribution in [1.29, 1.82) is 0 Å². The van der Waals surface area contributed by atoms with Gasteiger partial charge in [0.15, 0.2) is 5.11 Å². The van der Waals surface area contributed by atoms with E-state index in [1.54, 1.807) is 29.8 Å². The Morgan fingerprint density at radius 2 is 1.76 bits per heavy atom. The number of rotatable bonds is 4. The van der Waals surface area contributed by atoms with Crippen LogP contribution in [0.15, 0.2) is 60.9 Å². The van der Waals surface area contributed by atoms with Crippen molar-refractivity contribution >= 4 is 62.0 Å². The van der Waals surface area contributed by atoms with E-state index < -0.39 is 0 Å². The lowest BCUT2D eigenvalue weighted by molar-refractivity contribution is 0.0944. The number of aromatic nitrogens is 2. The van der Waals surface area contributed by atoms with Crippen molar-refractivity contribution in [3.63, 3.8) is 0 Å². The molecule has 1 aliphatic carbocycles. The van der Waals surface area contributed by atoms with Gasteiger partial charge in [-0.1, -0.05) is 24.3 Å². The fourth-order valence-corrected chi connectivity index (χ4v) is 5.33. The molecule has 1 aliphatic rings. The molecule has 0 radical (unpaired) electrons. The van der Waals surface area contributed by atoms with Gasteiger partial charge in [-0.05, 0) is 73.8 Å². The molecule has 9 heteroatoms. The molecule has 2 aromatic heterocycles. The molecule has 0 fully saturated rings. The molecule has 5 rings (SSSR count). The van der Waals surface area contributed by atoms with Gasteiger partial charge in [0.1, 0.15) is 17.0 Å². The van der Waals surface area contributed by atoms with Gasteiger partial charge in [-0.3, -0.25) is 15.6 Å². The van der Waals surface area contributed by atoms with E-state index in [9.17, 15) is 4.79 Å². The number of carbonyl (C=O) groups excluding carboxylic acids is 1. The number of hydrogen-bond acceptors (Lipinski definition) is 6. The van der Waals surface area contributed by atoms with Gasteiger partial charge in [0, 0.05) is 21.8 Å². The number of fused-ring (bicyclic) bond motifs is 3. The minimum absolute atomic E-state index is 0.295. The van der Waals surface area contributed by atoms with Crippen LogP contribution in [-0.4, -0.2) is 21.0 Å². The van der Waals surface area contributed by atoms with Gasteiger partial charge in [-0.15, -0.1) is 11.3 Å². The summed E-state index contributed by atoms with van der Waals surface area (Å²) in [4.78, 5) is 24.1. The van der Waals surface area contributed by atoms with Gasteiger partial charge in [-0.2, -0.15) is 0 Å². The molecule has 4 N–H and O–H groups in total. The Labute approximate surface area is 200 Å². The average molecular weight is 475 g/mol. The Morgan fingerprint density at radius 1 is 0.939 bits per heavy atom. The maximum Gasteiger partial charge on any atom is 0.269 e. The van der Waals surface area contributed by atoms with Crippen molar-refractivity contribution in [3.05, 3.63) is 76.9 Å². The molecule has 0 atom stereocenters. The summed E-state index contributed by atoms with van der Waals surface area (Å²) in [6, 6.07) is 16.8. The van der Waals surface area contributed by atoms with E-state index in [4.69, 9.17) is 12.2 Å². The molecule has 0 saturated heterocycles. The van der Waals surface area contributed by atoms with Crippen molar-refractivity contribution in [2.45, 2.75) is 25.7 Å². The number of aryl methyl sites for hydroxylation is 2. The summed E-state index contributed by atoms with van der Waals surface area (Å²) in [6.07, 6.45) is 6.18. The second kappa shape index (κ2) is 9.51. The van der Waals surface area contributed by atoms with E-state index in [1.807, 2.05) is 42.5 Å². The summed E-state index contributed by atoms with van der Waals surface area (Å²) in [5.41, 5.74) is 8.84. The number of benzene rings is 2. The summed E-state index contributed by atoms with van der Waals surface area (Å²) >= 11 is 7.00. The third-order valence-corrected chi connectivity index (χ3v) is 6.86. The lowest BCUT2D eigenvalue weighted by Crippen LogP contribution is -2.43. The van der Waals surface area contributed by atoms with E-state index in [1.165, 1.54) is 23.3 Å². The highest BCUT2D eigenvalue weighted by molar-refractivity contribution is 7.80. The minimum atomic E-state index is -0.295. The second-order valence-corrected chi connectivity index (χ2v) is 9.21. The first-order valence-corrected chi connectivity index (χ1v) is 11.9. The standard InChI is InChI=1S/C24H22N6OS2/c31-22(29-30-24(32)28-16-8-2-1-3-9-16)15-7-6-10-17(13-15)27-21-20-18-11-4-5-12-19(18)33-23(20)26-14-25-21/h1-3,6-10,13-14H,4-5,11-12H2,(H,29,31)(H,25,26,27)(H2,28,30,32). The van der Waals surface area contributed by atoms with Crippen molar-refractivity contribution in [2.24, 2.45) is 0 Å². The highest BCUT2D eigenvalue weighted by Gasteiger charge is 2.20. The zero-order valence-corrected chi connectivity index (χ0v) is 19.4. The van der Waals surface area contributed by atoms with Crippen LogP contribution in [0.3, 0.4) is 0 Å². The summed E-state index contributed by atoms with van der Waals surface area (Å²) in [5, 5.41) is 7.81. The monoisotopic (exact) mass is 474 g/mol. The number of hydrazine groups is 1.